The first-order valence-corrected chi connectivity index (χ1v) is 11.9. The smallest absolute Gasteiger partial charge is 0.244 e. The van der Waals surface area contributed by atoms with Crippen LogP contribution in [0.1, 0.15) is 19.4 Å². The van der Waals surface area contributed by atoms with Crippen LogP contribution < -0.4 is 19.1 Å². The van der Waals surface area contributed by atoms with Crippen LogP contribution in [0.25, 0.3) is 0 Å². The zero-order valence-electron chi connectivity index (χ0n) is 18.6. The number of anilines is 1. The topological polar surface area (TPSA) is 105 Å². The Morgan fingerprint density at radius 1 is 1.12 bits per heavy atom. The number of carbonyl (C=O) groups is 2. The highest BCUT2D eigenvalue weighted by Gasteiger charge is 2.31. The van der Waals surface area contributed by atoms with Crippen molar-refractivity contribution in [1.82, 2.24) is 10.2 Å². The highest BCUT2D eigenvalue weighted by atomic mass is 32.2. The summed E-state index contributed by atoms with van der Waals surface area (Å²) in [6, 6.07) is 9.22. The van der Waals surface area contributed by atoms with E-state index in [0.717, 1.165) is 4.31 Å². The van der Waals surface area contributed by atoms with Gasteiger partial charge in [-0.1, -0.05) is 12.1 Å². The highest BCUT2D eigenvalue weighted by Crippen LogP contribution is 2.36. The number of amides is 2. The Hall–Kier alpha value is -3.34. The molecule has 0 spiro atoms. The molecule has 0 saturated carbocycles. The first-order valence-electron chi connectivity index (χ1n) is 10.3. The number of ether oxygens (including phenoxy) is 2. The molecule has 0 unspecified atom stereocenters. The van der Waals surface area contributed by atoms with Crippen molar-refractivity contribution in [2.75, 3.05) is 30.4 Å². The summed E-state index contributed by atoms with van der Waals surface area (Å²) >= 11 is 0. The fraction of sp³-hybridized carbons (Fsp3) is 0.364. The van der Waals surface area contributed by atoms with Gasteiger partial charge >= 0.3 is 0 Å². The summed E-state index contributed by atoms with van der Waals surface area (Å²) in [5.41, 5.74) is 0.831. The Morgan fingerprint density at radius 3 is 2.42 bits per heavy atom. The van der Waals surface area contributed by atoms with E-state index < -0.39 is 40.2 Å². The molecule has 11 heteroatoms. The van der Waals surface area contributed by atoms with Gasteiger partial charge < -0.3 is 19.7 Å². The van der Waals surface area contributed by atoms with Crippen molar-refractivity contribution in [2.24, 2.45) is 0 Å². The molecule has 0 aliphatic carbocycles. The lowest BCUT2D eigenvalue weighted by atomic mass is 10.1. The molecule has 2 aromatic carbocycles. The molecule has 33 heavy (non-hydrogen) atoms. The summed E-state index contributed by atoms with van der Waals surface area (Å²) in [6.45, 7) is 2.50. The van der Waals surface area contributed by atoms with Gasteiger partial charge in [0.15, 0.2) is 11.5 Å². The van der Waals surface area contributed by atoms with Crippen LogP contribution in [0.3, 0.4) is 0 Å². The number of sulfonamides is 1. The van der Waals surface area contributed by atoms with Crippen LogP contribution >= 0.6 is 0 Å². The van der Waals surface area contributed by atoms with Crippen LogP contribution in [0.4, 0.5) is 10.1 Å². The van der Waals surface area contributed by atoms with Gasteiger partial charge in [0.05, 0.1) is 11.4 Å². The second kappa shape index (κ2) is 10.1. The monoisotopic (exact) mass is 479 g/mol. The Labute approximate surface area is 192 Å². The zero-order chi connectivity index (χ0) is 24.2. The van der Waals surface area contributed by atoms with E-state index in [0.29, 0.717) is 17.1 Å². The van der Waals surface area contributed by atoms with Gasteiger partial charge in [-0.05, 0) is 43.7 Å². The molecule has 1 aliphatic rings. The Bertz CT molecular complexity index is 1120. The van der Waals surface area contributed by atoms with Crippen LogP contribution in [0.2, 0.25) is 0 Å². The normalized spacial score (nSPS) is 13.3. The quantitative estimate of drug-likeness (QED) is 0.589. The van der Waals surface area contributed by atoms with Gasteiger partial charge in [0.25, 0.3) is 0 Å². The summed E-state index contributed by atoms with van der Waals surface area (Å²) in [7, 11) is -2.41. The number of nitrogens with one attached hydrogen (secondary N) is 1. The van der Waals surface area contributed by atoms with E-state index in [4.69, 9.17) is 9.47 Å². The van der Waals surface area contributed by atoms with E-state index in [1.807, 2.05) is 0 Å². The number of carbonyl (C=O) groups excluding carboxylic acids is 2. The van der Waals surface area contributed by atoms with Crippen molar-refractivity contribution in [3.05, 3.63) is 53.8 Å². The van der Waals surface area contributed by atoms with E-state index >= 15 is 0 Å². The van der Waals surface area contributed by atoms with Gasteiger partial charge in [-0.25, -0.2) is 12.8 Å². The molecule has 0 bridgehead atoms. The van der Waals surface area contributed by atoms with Gasteiger partial charge in [-0.2, -0.15) is 0 Å². The van der Waals surface area contributed by atoms with Gasteiger partial charge in [0, 0.05) is 19.7 Å². The third kappa shape index (κ3) is 5.54. The summed E-state index contributed by atoms with van der Waals surface area (Å²) in [5, 5.41) is 2.49. The largest absolute Gasteiger partial charge is 0.454 e. The van der Waals surface area contributed by atoms with Crippen molar-refractivity contribution in [2.45, 2.75) is 26.4 Å². The van der Waals surface area contributed by atoms with Crippen LogP contribution in [-0.4, -0.2) is 57.3 Å². The number of fused-ring (bicyclic) bond motifs is 1. The Morgan fingerprint density at radius 2 is 1.79 bits per heavy atom. The number of nitrogens with zero attached hydrogens (tertiary/aromatic N) is 2. The van der Waals surface area contributed by atoms with Gasteiger partial charge in [0.2, 0.25) is 28.6 Å². The summed E-state index contributed by atoms with van der Waals surface area (Å²) in [5.74, 6) is -0.830. The SMILES string of the molecule is CCS(=O)(=O)N(CC(=O)N(Cc1ccc(F)cc1)[C@H](C)C(=O)NC)c1ccc2c(c1)OCO2. The number of halogens is 1. The van der Waals surface area contributed by atoms with Gasteiger partial charge in [0.1, 0.15) is 18.4 Å². The number of hydrogen-bond donors (Lipinski definition) is 1. The number of hydrogen-bond acceptors (Lipinski definition) is 6. The molecule has 0 radical (unpaired) electrons. The van der Waals surface area contributed by atoms with Crippen molar-refractivity contribution >= 4 is 27.5 Å². The molecule has 0 fully saturated rings. The minimum absolute atomic E-state index is 0.00511. The third-order valence-electron chi connectivity index (χ3n) is 5.30. The third-order valence-corrected chi connectivity index (χ3v) is 7.04. The first kappa shape index (κ1) is 24.3. The first-order chi connectivity index (χ1) is 15.7. The molecular formula is C22H26FN3O6S. The summed E-state index contributed by atoms with van der Waals surface area (Å²) in [6.07, 6.45) is 0. The standard InChI is InChI=1S/C22H26FN3O6S/c1-4-33(29,30)26(18-9-10-19-20(11-18)32-14-31-19)13-21(27)25(15(2)22(28)24-3)12-16-5-7-17(23)8-6-16/h5-11,15H,4,12-14H2,1-3H3,(H,24,28)/t15-/m1/s1. The van der Waals surface area contributed by atoms with Crippen molar-refractivity contribution in [3.8, 4) is 11.5 Å². The van der Waals surface area contributed by atoms with E-state index in [-0.39, 0.29) is 24.8 Å². The second-order valence-electron chi connectivity index (χ2n) is 7.38. The summed E-state index contributed by atoms with van der Waals surface area (Å²) in [4.78, 5) is 26.9. The Balaban J connectivity index is 1.93. The minimum Gasteiger partial charge on any atom is -0.454 e. The second-order valence-corrected chi connectivity index (χ2v) is 9.57. The maximum Gasteiger partial charge on any atom is 0.244 e. The molecule has 0 saturated heterocycles. The van der Waals surface area contributed by atoms with Crippen LogP contribution in [-0.2, 0) is 26.2 Å². The average molecular weight is 480 g/mol. The molecule has 3 rings (SSSR count). The molecule has 1 N–H and O–H groups in total. The van der Waals surface area contributed by atoms with Gasteiger partial charge in [-0.3, -0.25) is 13.9 Å². The lowest BCUT2D eigenvalue weighted by Crippen LogP contribution is -2.50. The molecule has 2 aromatic rings. The molecule has 1 aliphatic heterocycles. The van der Waals surface area contributed by atoms with E-state index in [2.05, 4.69) is 5.32 Å². The molecule has 1 atom stereocenters. The predicted molar refractivity (Wildman–Crippen MR) is 120 cm³/mol. The van der Waals surface area contributed by atoms with Crippen molar-refractivity contribution in [1.29, 1.82) is 0 Å². The highest BCUT2D eigenvalue weighted by molar-refractivity contribution is 7.92. The Kier molecular flexibility index (Phi) is 7.42. The maximum absolute atomic E-state index is 13.4. The minimum atomic E-state index is -3.85. The van der Waals surface area contributed by atoms with E-state index in [1.54, 1.807) is 13.0 Å². The lowest BCUT2D eigenvalue weighted by Gasteiger charge is -2.31. The number of likely N-dealkylation sites (N-methyl/N-ethyl adjacent to an activating group) is 1. The van der Waals surface area contributed by atoms with Crippen LogP contribution in [0, 0.1) is 5.82 Å². The maximum atomic E-state index is 13.4. The number of benzene rings is 2. The summed E-state index contributed by atoms with van der Waals surface area (Å²) < 4.78 is 50.7. The lowest BCUT2D eigenvalue weighted by molar-refractivity contribution is -0.139. The van der Waals surface area contributed by atoms with E-state index in [1.165, 1.54) is 55.3 Å². The van der Waals surface area contributed by atoms with Crippen molar-refractivity contribution < 1.29 is 31.9 Å². The fourth-order valence-electron chi connectivity index (χ4n) is 3.34. The molecule has 1 heterocycles. The van der Waals surface area contributed by atoms with Crippen LogP contribution in [0.15, 0.2) is 42.5 Å². The molecule has 9 nitrogen and oxygen atoms in total. The molecular weight excluding hydrogens is 453 g/mol. The number of rotatable bonds is 9. The van der Waals surface area contributed by atoms with Crippen molar-refractivity contribution in [3.63, 3.8) is 0 Å². The predicted octanol–water partition coefficient (Wildman–Crippen LogP) is 1.87. The molecule has 178 valence electrons. The van der Waals surface area contributed by atoms with Gasteiger partial charge in [-0.15, -0.1) is 0 Å². The van der Waals surface area contributed by atoms with E-state index in [9.17, 15) is 22.4 Å². The molecule has 0 aromatic heterocycles. The van der Waals surface area contributed by atoms with Crippen LogP contribution in [0.5, 0.6) is 11.5 Å². The molecule has 2 amide bonds. The fourth-order valence-corrected chi connectivity index (χ4v) is 4.39. The average Bonchev–Trinajstić information content (AvgIpc) is 3.28. The zero-order valence-corrected chi connectivity index (χ0v) is 19.4.